The third-order valence-corrected chi connectivity index (χ3v) is 3.99. The van der Waals surface area contributed by atoms with Crippen LogP contribution < -0.4 is 10.9 Å². The number of pyridine rings is 1. The predicted molar refractivity (Wildman–Crippen MR) is 89.3 cm³/mol. The van der Waals surface area contributed by atoms with E-state index < -0.39 is 11.5 Å². The first kappa shape index (κ1) is 17.2. The zero-order valence-corrected chi connectivity index (χ0v) is 13.8. The molecule has 1 atom stereocenters. The van der Waals surface area contributed by atoms with E-state index in [4.69, 9.17) is 11.6 Å². The van der Waals surface area contributed by atoms with E-state index in [9.17, 15) is 14.7 Å². The van der Waals surface area contributed by atoms with Crippen LogP contribution in [0.15, 0.2) is 41.3 Å². The Hall–Kier alpha value is -2.11. The SMILES string of the molecule is CCC(O)(C(=O)NCc1cc(C)c[nH]c1=O)c1cccc(Cl)c1. The fourth-order valence-electron chi connectivity index (χ4n) is 2.35. The highest BCUT2D eigenvalue weighted by molar-refractivity contribution is 6.30. The molecule has 5 nitrogen and oxygen atoms in total. The van der Waals surface area contributed by atoms with Crippen molar-refractivity contribution >= 4 is 17.5 Å². The number of carbonyl (C=O) groups is 1. The molecule has 0 radical (unpaired) electrons. The highest BCUT2D eigenvalue weighted by Gasteiger charge is 2.36. The molecule has 0 saturated heterocycles. The molecule has 1 unspecified atom stereocenters. The Morgan fingerprint density at radius 2 is 2.13 bits per heavy atom. The highest BCUT2D eigenvalue weighted by Crippen LogP contribution is 2.27. The summed E-state index contributed by atoms with van der Waals surface area (Å²) in [6, 6.07) is 8.25. The predicted octanol–water partition coefficient (Wildman–Crippen LogP) is 2.25. The Labute approximate surface area is 139 Å². The lowest BCUT2D eigenvalue weighted by Gasteiger charge is -2.26. The van der Waals surface area contributed by atoms with Crippen molar-refractivity contribution in [1.29, 1.82) is 0 Å². The Kier molecular flexibility index (Phi) is 5.23. The minimum absolute atomic E-state index is 0.0404. The number of rotatable bonds is 5. The third kappa shape index (κ3) is 3.81. The van der Waals surface area contributed by atoms with Gasteiger partial charge >= 0.3 is 0 Å². The lowest BCUT2D eigenvalue weighted by atomic mass is 9.90. The summed E-state index contributed by atoms with van der Waals surface area (Å²) in [7, 11) is 0. The number of halogens is 1. The van der Waals surface area contributed by atoms with Crippen molar-refractivity contribution in [2.24, 2.45) is 0 Å². The number of nitrogens with one attached hydrogen (secondary N) is 2. The molecule has 122 valence electrons. The molecule has 1 aromatic carbocycles. The smallest absolute Gasteiger partial charge is 0.256 e. The monoisotopic (exact) mass is 334 g/mol. The van der Waals surface area contributed by atoms with Crippen LogP contribution in [0.2, 0.25) is 5.02 Å². The van der Waals surface area contributed by atoms with Crippen LogP contribution >= 0.6 is 11.6 Å². The first-order chi connectivity index (χ1) is 10.9. The number of amides is 1. The molecule has 0 aliphatic carbocycles. The molecule has 1 aromatic heterocycles. The molecule has 6 heteroatoms. The minimum atomic E-state index is -1.69. The van der Waals surface area contributed by atoms with Crippen molar-refractivity contribution in [1.82, 2.24) is 10.3 Å². The van der Waals surface area contributed by atoms with Crippen molar-refractivity contribution < 1.29 is 9.90 Å². The first-order valence-corrected chi connectivity index (χ1v) is 7.69. The van der Waals surface area contributed by atoms with Gasteiger partial charge in [-0.2, -0.15) is 0 Å². The van der Waals surface area contributed by atoms with Crippen LogP contribution in [0.4, 0.5) is 0 Å². The second kappa shape index (κ2) is 6.98. The number of carbonyl (C=O) groups excluding carboxylic acids is 1. The number of aromatic nitrogens is 1. The summed E-state index contributed by atoms with van der Waals surface area (Å²) in [5, 5.41) is 13.8. The minimum Gasteiger partial charge on any atom is -0.375 e. The summed E-state index contributed by atoms with van der Waals surface area (Å²) in [6.07, 6.45) is 1.78. The molecule has 23 heavy (non-hydrogen) atoms. The van der Waals surface area contributed by atoms with Gasteiger partial charge in [0, 0.05) is 23.3 Å². The quantitative estimate of drug-likeness (QED) is 0.784. The molecule has 3 N–H and O–H groups in total. The molecular weight excluding hydrogens is 316 g/mol. The molecule has 1 heterocycles. The Morgan fingerprint density at radius 1 is 1.39 bits per heavy atom. The Bertz CT molecular complexity index is 772. The topological polar surface area (TPSA) is 82.2 Å². The number of hydrogen-bond acceptors (Lipinski definition) is 3. The van der Waals surface area contributed by atoms with E-state index in [0.717, 1.165) is 5.56 Å². The standard InChI is InChI=1S/C17H19ClN2O3/c1-3-17(23,13-5-4-6-14(18)8-13)16(22)20-10-12-7-11(2)9-19-15(12)21/h4-9,23H,3,10H2,1-2H3,(H,19,21)(H,20,22). The summed E-state index contributed by atoms with van der Waals surface area (Å²) >= 11 is 5.94. The van der Waals surface area contributed by atoms with Crippen LogP contribution in [0.3, 0.4) is 0 Å². The molecule has 0 fully saturated rings. The Balaban J connectivity index is 2.20. The van der Waals surface area contributed by atoms with Gasteiger partial charge in [0.25, 0.3) is 11.5 Å². The van der Waals surface area contributed by atoms with E-state index in [0.29, 0.717) is 16.1 Å². The van der Waals surface area contributed by atoms with Crippen LogP contribution in [0.1, 0.15) is 30.0 Å². The second-order valence-electron chi connectivity index (χ2n) is 5.44. The zero-order valence-electron chi connectivity index (χ0n) is 13.0. The number of hydrogen-bond donors (Lipinski definition) is 3. The number of H-pyrrole nitrogens is 1. The summed E-state index contributed by atoms with van der Waals surface area (Å²) in [5.74, 6) is -0.567. The third-order valence-electron chi connectivity index (χ3n) is 3.75. The van der Waals surface area contributed by atoms with Crippen LogP contribution in [-0.2, 0) is 16.9 Å². The first-order valence-electron chi connectivity index (χ1n) is 7.31. The normalized spacial score (nSPS) is 13.4. The summed E-state index contributed by atoms with van der Waals surface area (Å²) in [6.45, 7) is 3.59. The maximum Gasteiger partial charge on any atom is 0.256 e. The van der Waals surface area contributed by atoms with Gasteiger partial charge in [0.15, 0.2) is 5.60 Å². The number of benzene rings is 1. The van der Waals surface area contributed by atoms with Gasteiger partial charge in [0.05, 0.1) is 0 Å². The van der Waals surface area contributed by atoms with Gasteiger partial charge < -0.3 is 15.4 Å². The molecule has 0 aliphatic heterocycles. The average Bonchev–Trinajstić information content (AvgIpc) is 2.54. The van der Waals surface area contributed by atoms with Crippen molar-refractivity contribution in [2.75, 3.05) is 0 Å². The molecule has 2 rings (SSSR count). The number of aromatic amines is 1. The Morgan fingerprint density at radius 3 is 2.78 bits per heavy atom. The van der Waals surface area contributed by atoms with E-state index in [1.807, 2.05) is 6.92 Å². The molecule has 0 aliphatic rings. The van der Waals surface area contributed by atoms with E-state index in [1.165, 1.54) is 0 Å². The van der Waals surface area contributed by atoms with Crippen molar-refractivity contribution in [3.05, 3.63) is 68.6 Å². The van der Waals surface area contributed by atoms with E-state index in [-0.39, 0.29) is 18.5 Å². The van der Waals surface area contributed by atoms with Crippen molar-refractivity contribution in [2.45, 2.75) is 32.4 Å². The van der Waals surface area contributed by atoms with Gasteiger partial charge in [0.1, 0.15) is 0 Å². The lowest BCUT2D eigenvalue weighted by Crippen LogP contribution is -2.44. The van der Waals surface area contributed by atoms with E-state index in [1.54, 1.807) is 43.5 Å². The fraction of sp³-hybridized carbons (Fsp3) is 0.294. The summed E-state index contributed by atoms with van der Waals surface area (Å²) < 4.78 is 0. The number of aliphatic hydroxyl groups is 1. The van der Waals surface area contributed by atoms with Crippen molar-refractivity contribution in [3.8, 4) is 0 Å². The van der Waals surface area contributed by atoms with Crippen molar-refractivity contribution in [3.63, 3.8) is 0 Å². The number of aryl methyl sites for hydroxylation is 1. The van der Waals surface area contributed by atoms with Crippen LogP contribution in [0.25, 0.3) is 0 Å². The largest absolute Gasteiger partial charge is 0.375 e. The highest BCUT2D eigenvalue weighted by atomic mass is 35.5. The molecular formula is C17H19ClN2O3. The molecule has 1 amide bonds. The van der Waals surface area contributed by atoms with E-state index in [2.05, 4.69) is 10.3 Å². The molecule has 0 spiro atoms. The lowest BCUT2D eigenvalue weighted by molar-refractivity contribution is -0.141. The molecule has 0 saturated carbocycles. The van der Waals surface area contributed by atoms with Gasteiger partial charge in [-0.15, -0.1) is 0 Å². The van der Waals surface area contributed by atoms with Gasteiger partial charge in [-0.3, -0.25) is 9.59 Å². The van der Waals surface area contributed by atoms with Crippen LogP contribution in [-0.4, -0.2) is 16.0 Å². The maximum absolute atomic E-state index is 12.5. The van der Waals surface area contributed by atoms with Gasteiger partial charge in [-0.05, 0) is 42.7 Å². The zero-order chi connectivity index (χ0) is 17.0. The van der Waals surface area contributed by atoms with Gasteiger partial charge in [-0.25, -0.2) is 0 Å². The molecule has 0 bridgehead atoms. The van der Waals surface area contributed by atoms with Gasteiger partial charge in [0.2, 0.25) is 0 Å². The maximum atomic E-state index is 12.5. The van der Waals surface area contributed by atoms with E-state index >= 15 is 0 Å². The second-order valence-corrected chi connectivity index (χ2v) is 5.87. The summed E-state index contributed by atoms with van der Waals surface area (Å²) in [4.78, 5) is 26.8. The molecule has 2 aromatic rings. The fourth-order valence-corrected chi connectivity index (χ4v) is 2.54. The van der Waals surface area contributed by atoms with Gasteiger partial charge in [-0.1, -0.05) is 30.7 Å². The summed E-state index contributed by atoms with van der Waals surface area (Å²) in [5.41, 5.74) is -0.222. The van der Waals surface area contributed by atoms with Crippen LogP contribution in [0.5, 0.6) is 0 Å². The average molecular weight is 335 g/mol. The van der Waals surface area contributed by atoms with Crippen LogP contribution in [0, 0.1) is 6.92 Å².